The predicted octanol–water partition coefficient (Wildman–Crippen LogP) is 27.0. The highest BCUT2D eigenvalue weighted by molar-refractivity contribution is 9.10. The molecule has 0 radical (unpaired) electrons. The van der Waals surface area contributed by atoms with E-state index in [1.165, 1.54) is 0 Å². The Labute approximate surface area is 978 Å². The Morgan fingerprint density at radius 3 is 0.314 bits per heavy atom. The van der Waals surface area contributed by atoms with Crippen LogP contribution in [0, 0.1) is 0 Å². The third-order valence-electron chi connectivity index (χ3n) is 24.7. The number of rotatable bonds is 92. The van der Waals surface area contributed by atoms with E-state index >= 15 is 0 Å². The Balaban J connectivity index is 13.4. The van der Waals surface area contributed by atoms with Gasteiger partial charge in [0, 0.05) is 89.6 Å². The zero-order chi connectivity index (χ0) is 105. The maximum atomic E-state index is 8.68. The van der Waals surface area contributed by atoms with Gasteiger partial charge in [0.05, 0.1) is 8.07 Å². The van der Waals surface area contributed by atoms with E-state index in [9.17, 15) is 0 Å². The van der Waals surface area contributed by atoms with Gasteiger partial charge in [-0.1, -0.05) is 268 Å². The van der Waals surface area contributed by atoms with Gasteiger partial charge in [-0.25, -0.2) is 0 Å². The average molecular weight is 3140 g/mol. The number of alkyl halides is 12. The minimum Gasteiger partial charge on any atom is -0.414 e. The first-order valence-corrected chi connectivity index (χ1v) is 128. The van der Waals surface area contributed by atoms with Crippen molar-refractivity contribution in [2.45, 2.75) is 431 Å². The molecule has 0 aromatic heterocycles. The molecule has 0 rings (SSSR count). The number of hydrogen-bond acceptors (Lipinski definition) is 20. The van der Waals surface area contributed by atoms with Crippen molar-refractivity contribution < 1.29 is 84.8 Å². The Morgan fingerprint density at radius 1 is 0.153 bits per heavy atom. The average Bonchev–Trinajstić information content (AvgIpc) is 0.758. The molecule has 0 heterocycles. The van der Waals surface area contributed by atoms with Gasteiger partial charge < -0.3 is 84.8 Å². The first kappa shape index (κ1) is 147. The molecule has 0 bridgehead atoms. The van der Waals surface area contributed by atoms with E-state index in [2.05, 4.69) is 401 Å². The van der Waals surface area contributed by atoms with E-state index in [-0.39, 0.29) is 0 Å². The molecular weight excluding hydrogens is 2940 g/mol. The summed E-state index contributed by atoms with van der Waals surface area (Å²) in [7, 11) is -67.4. The van der Waals surface area contributed by atoms with Crippen molar-refractivity contribution in [2.75, 3.05) is 64.0 Å². The molecule has 0 amide bonds. The van der Waals surface area contributed by atoms with Gasteiger partial charge in [0.25, 0.3) is 0 Å². The molecule has 0 N–H and O–H groups in total. The zero-order valence-electron chi connectivity index (χ0n) is 92.0. The molecule has 0 aliphatic rings. The van der Waals surface area contributed by atoms with Crippen molar-refractivity contribution >= 4 is 412 Å². The fraction of sp³-hybridized carbons (Fsp3) is 1.00. The van der Waals surface area contributed by atoms with Crippen LogP contribution in [0.5, 0.6) is 0 Å². The SMILES string of the molecule is C[SiH2]OC(CC[Si](CCC(O[SiH2]C)(O[SiH2]C)[Si](O[Si](C)(C)CCCBr)(O[Si](C)(C)CCCBr)O[Si](C)(C)CCCBr)(CCC(O[SiH2]C)(O[SiH2]C)[Si](O[Si](C)(C)CCCBr)(O[Si](C)(C)CCCBr)O[Si](C)(C)CCCBr)CCC(O[SiH2]C)(O[SiH2]C)[Si](O[Si](C)(C)CCCBr)(O[Si](C)(C)CCCBr)O[Si](C)(C)CCCBr)(O[SiH2]C)[Si](O[Si](C)(C)CCCBr)(O[Si](C)(C)CCCBr)O[Si](C)(C)CCCBr. The van der Waals surface area contributed by atoms with Crippen LogP contribution < -0.4 is 0 Å². The molecule has 20 nitrogen and oxygen atoms in total. The van der Waals surface area contributed by atoms with Crippen molar-refractivity contribution in [3.63, 3.8) is 0 Å². The molecule has 0 aliphatic heterocycles. The largest absolute Gasteiger partial charge is 0.530 e. The molecule has 0 aromatic carbocycles. The van der Waals surface area contributed by atoms with Gasteiger partial charge in [-0.2, -0.15) is 0 Å². The highest BCUT2D eigenvalue weighted by Crippen LogP contribution is 2.54. The zero-order valence-corrected chi connectivity index (χ0v) is 139. The van der Waals surface area contributed by atoms with E-state index in [0.29, 0.717) is 49.9 Å². The first-order valence-electron chi connectivity index (χ1n) is 51.8. The van der Waals surface area contributed by atoms with Crippen LogP contribution in [-0.4, -0.2) is 307 Å². The summed E-state index contributed by atoms with van der Waals surface area (Å²) < 4.78 is 171. The molecule has 0 spiro atoms. The van der Waals surface area contributed by atoms with Gasteiger partial charge >= 0.3 is 35.2 Å². The minimum absolute atomic E-state index is 0.411. The minimum atomic E-state index is -4.44. The summed E-state index contributed by atoms with van der Waals surface area (Å²) >= 11 is 47.4. The van der Waals surface area contributed by atoms with Crippen molar-refractivity contribution in [2.24, 2.45) is 0 Å². The van der Waals surface area contributed by atoms with E-state index in [1.807, 2.05) is 0 Å². The smallest absolute Gasteiger partial charge is 0.414 e. The third kappa shape index (κ3) is 53.7. The fourth-order valence-electron chi connectivity index (χ4n) is 18.5. The van der Waals surface area contributed by atoms with Crippen LogP contribution in [0.1, 0.15) is 103 Å². The van der Waals surface area contributed by atoms with E-state index < -0.39 is 243 Å². The maximum Gasteiger partial charge on any atom is 0.530 e. The van der Waals surface area contributed by atoms with Crippen LogP contribution in [0.4, 0.5) is 0 Å². The molecule has 0 saturated heterocycles. The third-order valence-corrected chi connectivity index (χ3v) is 109. The van der Waals surface area contributed by atoms with E-state index in [0.717, 1.165) is 214 Å². The van der Waals surface area contributed by atoms with Gasteiger partial charge in [0.15, 0.2) is 178 Å². The predicted molar refractivity (Wildman–Crippen MR) is 703 cm³/mol. The van der Waals surface area contributed by atoms with Crippen molar-refractivity contribution in [3.8, 4) is 0 Å². The van der Waals surface area contributed by atoms with Crippen LogP contribution in [0.25, 0.3) is 0 Å². The Morgan fingerprint density at radius 2 is 0.241 bits per heavy atom. The molecule has 137 heavy (non-hydrogen) atoms. The summed E-state index contributed by atoms with van der Waals surface area (Å²) in [5, 5.41) is 10.1. The summed E-state index contributed by atoms with van der Waals surface area (Å²) in [4.78, 5) is 0. The summed E-state index contributed by atoms with van der Waals surface area (Å²) in [5.41, 5.74) is -5.86. The summed E-state index contributed by atoms with van der Waals surface area (Å²) in [6, 6.07) is 13.0. The molecule has 57 heteroatoms. The highest BCUT2D eigenvalue weighted by Gasteiger charge is 2.75. The highest BCUT2D eigenvalue weighted by atomic mass is 79.9. The van der Waals surface area contributed by atoms with Crippen molar-refractivity contribution in [3.05, 3.63) is 0 Å². The lowest BCUT2D eigenvalue weighted by atomic mass is 10.4. The second-order valence-corrected chi connectivity index (χ2v) is 131. The van der Waals surface area contributed by atoms with Crippen LogP contribution >= 0.6 is 191 Å². The standard InChI is InChI=1S/C80H200Br12O20Si25/c1-113-93-77(94-114-2,134(101-121(9,10)61-33-49-81,102-122(11,12)62-34-50-82)103-123(13,14)63-35-51-83)45-73-133(74-46-78(95-115-3,96-116-4)135(104-124(15,16)64-36-52-84,105-125(17,18)65-37-53-85)106-126(19,20)66-38-54-86,75-47-79(97-117-5,98-118-6)136(107-127(21,22)67-39-55-87,108-128(23,24)68-40-56-88)109-129(25,26)69-41-57-89)76-48-80(99-119-7,100-120-8)137(110-130(27,28)70-42-58-90,111-131(29,30)71-43-59-91)112-132(31,32)72-44-60-92/h33-76,113-120H2,1-32H3. The second-order valence-electron chi connectivity index (χ2n) is 44.1. The van der Waals surface area contributed by atoms with Crippen molar-refractivity contribution in [1.82, 2.24) is 0 Å². The summed E-state index contributed by atoms with van der Waals surface area (Å²) in [6.45, 7) is 76.3. The quantitative estimate of drug-likeness (QED) is 0.0318. The van der Waals surface area contributed by atoms with Crippen LogP contribution in [-0.2, 0) is 84.8 Å². The topological polar surface area (TPSA) is 185 Å². The Hall–Kier alpha value is 10.4. The molecule has 0 atom stereocenters. The number of hydrogen-bond donors (Lipinski definition) is 0. The van der Waals surface area contributed by atoms with Gasteiger partial charge in [0.1, 0.15) is 0 Å². The second kappa shape index (κ2) is 71.3. The first-order chi connectivity index (χ1) is 63.5. The van der Waals surface area contributed by atoms with E-state index in [4.69, 9.17) is 84.8 Å². The maximum absolute atomic E-state index is 8.68. The van der Waals surface area contributed by atoms with Crippen LogP contribution in [0.15, 0.2) is 0 Å². The van der Waals surface area contributed by atoms with Gasteiger partial charge in [-0.05, 0) is 307 Å². The van der Waals surface area contributed by atoms with Crippen LogP contribution in [0.3, 0.4) is 0 Å². The molecule has 0 fully saturated rings. The molecule has 0 unspecified atom stereocenters. The van der Waals surface area contributed by atoms with Gasteiger partial charge in [0.2, 0.25) is 21.6 Å². The molecule has 0 aliphatic carbocycles. The Kier molecular flexibility index (Phi) is 76.7. The fourth-order valence-corrected chi connectivity index (χ4v) is 117. The lowest BCUT2D eigenvalue weighted by Gasteiger charge is -2.56. The summed E-state index contributed by atoms with van der Waals surface area (Å²) in [6.07, 6.45) is 12.8. The molecular formula is C80H200Br12O20Si25. The van der Waals surface area contributed by atoms with Gasteiger partial charge in [-0.3, -0.25) is 0 Å². The molecule has 0 saturated carbocycles. The summed E-state index contributed by atoms with van der Waals surface area (Å²) in [5.74, 6) is 0. The normalized spacial score (nSPS) is 17.1. The lowest BCUT2D eigenvalue weighted by molar-refractivity contribution is -0.0973. The van der Waals surface area contributed by atoms with Gasteiger partial charge in [-0.15, -0.1) is 0 Å². The monoisotopic (exact) mass is 3130 g/mol. The van der Waals surface area contributed by atoms with Crippen molar-refractivity contribution in [1.29, 1.82) is 0 Å². The molecule has 0 aromatic rings. The molecule has 824 valence electrons. The lowest BCUT2D eigenvalue weighted by Crippen LogP contribution is -2.76. The Bertz CT molecular complexity index is 2530. The van der Waals surface area contributed by atoms with Crippen LogP contribution in [0.2, 0.25) is 306 Å². The number of halogens is 12. The van der Waals surface area contributed by atoms with E-state index in [1.54, 1.807) is 0 Å².